The second kappa shape index (κ2) is 7.64. The summed E-state index contributed by atoms with van der Waals surface area (Å²) in [5.74, 6) is 1.53. The molecule has 148 valence electrons. The van der Waals surface area contributed by atoms with Gasteiger partial charge in [-0.1, -0.05) is 12.8 Å². The van der Waals surface area contributed by atoms with E-state index < -0.39 is 0 Å². The number of carbonyl (C=O) groups is 2. The van der Waals surface area contributed by atoms with Crippen LogP contribution in [0.25, 0.3) is 0 Å². The summed E-state index contributed by atoms with van der Waals surface area (Å²) in [6, 6.07) is 0.456. The van der Waals surface area contributed by atoms with Gasteiger partial charge in [0.15, 0.2) is 0 Å². The Labute approximate surface area is 161 Å². The molecule has 3 aliphatic rings. The van der Waals surface area contributed by atoms with Crippen molar-refractivity contribution in [2.75, 3.05) is 19.6 Å². The van der Waals surface area contributed by atoms with Gasteiger partial charge in [-0.3, -0.25) is 9.59 Å². The molecule has 0 bridgehead atoms. The number of imidazole rings is 1. The summed E-state index contributed by atoms with van der Waals surface area (Å²) in [6.07, 6.45) is 12.9. The van der Waals surface area contributed by atoms with E-state index in [0.29, 0.717) is 24.9 Å². The summed E-state index contributed by atoms with van der Waals surface area (Å²) in [5, 5.41) is 0. The summed E-state index contributed by atoms with van der Waals surface area (Å²) >= 11 is 0. The standard InChI is InChI=1S/C21H32N4O2/c1-17-22-11-15-23(17)12-4-8-19(26)24-14-10-21(16-24)9-5-13-25(20(21)27)18-6-2-3-7-18/h11,15,18H,2-10,12-14,16H2,1H3/t21-/m0/s1. The lowest BCUT2D eigenvalue weighted by molar-refractivity contribution is -0.148. The number of nitrogens with zero attached hydrogens (tertiary/aromatic N) is 4. The van der Waals surface area contributed by atoms with Crippen molar-refractivity contribution in [3.8, 4) is 0 Å². The molecule has 3 fully saturated rings. The van der Waals surface area contributed by atoms with Crippen molar-refractivity contribution >= 4 is 11.8 Å². The lowest BCUT2D eigenvalue weighted by atomic mass is 9.77. The fourth-order valence-electron chi connectivity index (χ4n) is 5.33. The summed E-state index contributed by atoms with van der Waals surface area (Å²) in [5.41, 5.74) is -0.294. The number of aryl methyl sites for hydroxylation is 2. The third kappa shape index (κ3) is 3.63. The average Bonchev–Trinajstić information content (AvgIpc) is 3.40. The molecule has 27 heavy (non-hydrogen) atoms. The van der Waals surface area contributed by atoms with Gasteiger partial charge >= 0.3 is 0 Å². The van der Waals surface area contributed by atoms with Gasteiger partial charge in [0.25, 0.3) is 0 Å². The number of hydrogen-bond donors (Lipinski definition) is 0. The van der Waals surface area contributed by atoms with Crippen molar-refractivity contribution in [2.24, 2.45) is 5.41 Å². The van der Waals surface area contributed by atoms with Gasteiger partial charge in [0.2, 0.25) is 11.8 Å². The van der Waals surface area contributed by atoms with E-state index in [0.717, 1.165) is 64.0 Å². The third-order valence-corrected chi connectivity index (χ3v) is 6.95. The van der Waals surface area contributed by atoms with Crippen LogP contribution in [0.3, 0.4) is 0 Å². The van der Waals surface area contributed by atoms with Crippen LogP contribution in [0.1, 0.15) is 63.6 Å². The molecule has 1 aromatic heterocycles. The van der Waals surface area contributed by atoms with Gasteiger partial charge in [0.05, 0.1) is 5.41 Å². The molecule has 0 N–H and O–H groups in total. The van der Waals surface area contributed by atoms with Gasteiger partial charge in [0, 0.05) is 51.0 Å². The molecule has 6 nitrogen and oxygen atoms in total. The van der Waals surface area contributed by atoms with Crippen LogP contribution in [-0.2, 0) is 16.1 Å². The number of hydrogen-bond acceptors (Lipinski definition) is 3. The van der Waals surface area contributed by atoms with Crippen LogP contribution >= 0.6 is 0 Å². The highest BCUT2D eigenvalue weighted by atomic mass is 16.2. The fourth-order valence-corrected chi connectivity index (χ4v) is 5.33. The van der Waals surface area contributed by atoms with E-state index in [4.69, 9.17) is 0 Å². The Morgan fingerprint density at radius 3 is 2.78 bits per heavy atom. The van der Waals surface area contributed by atoms with Crippen molar-refractivity contribution < 1.29 is 9.59 Å². The van der Waals surface area contributed by atoms with Crippen LogP contribution in [-0.4, -0.2) is 56.8 Å². The smallest absolute Gasteiger partial charge is 0.230 e. The summed E-state index contributed by atoms with van der Waals surface area (Å²) in [4.78, 5) is 34.3. The average molecular weight is 373 g/mol. The number of aromatic nitrogens is 2. The van der Waals surface area contributed by atoms with Gasteiger partial charge in [-0.25, -0.2) is 4.98 Å². The zero-order valence-electron chi connectivity index (χ0n) is 16.5. The lowest BCUT2D eigenvalue weighted by Crippen LogP contribution is -2.53. The Hall–Kier alpha value is -1.85. The lowest BCUT2D eigenvalue weighted by Gasteiger charge is -2.42. The predicted molar refractivity (Wildman–Crippen MR) is 103 cm³/mol. The van der Waals surface area contributed by atoms with E-state index >= 15 is 0 Å². The highest BCUT2D eigenvalue weighted by Gasteiger charge is 2.50. The SMILES string of the molecule is Cc1nccn1CCCC(=O)N1CC[C@@]2(CCCN(C3CCCC3)C2=O)C1. The first-order chi connectivity index (χ1) is 13.1. The molecular weight excluding hydrogens is 340 g/mol. The van der Waals surface area contributed by atoms with Gasteiger partial charge in [0.1, 0.15) is 5.82 Å². The minimum absolute atomic E-state index is 0.204. The minimum Gasteiger partial charge on any atom is -0.342 e. The van der Waals surface area contributed by atoms with E-state index in [1.165, 1.54) is 12.8 Å². The van der Waals surface area contributed by atoms with Crippen molar-refractivity contribution in [2.45, 2.75) is 77.3 Å². The number of rotatable bonds is 5. The molecule has 1 aromatic rings. The molecule has 2 saturated heterocycles. The quantitative estimate of drug-likeness (QED) is 0.798. The minimum atomic E-state index is -0.294. The molecule has 0 unspecified atom stereocenters. The Morgan fingerprint density at radius 2 is 2.04 bits per heavy atom. The van der Waals surface area contributed by atoms with E-state index in [-0.39, 0.29) is 11.3 Å². The summed E-state index contributed by atoms with van der Waals surface area (Å²) in [7, 11) is 0. The Bertz CT molecular complexity index is 694. The first kappa shape index (κ1) is 18.5. The Kier molecular flexibility index (Phi) is 5.24. The zero-order valence-corrected chi connectivity index (χ0v) is 16.5. The second-order valence-electron chi connectivity index (χ2n) is 8.66. The first-order valence-electron chi connectivity index (χ1n) is 10.7. The van der Waals surface area contributed by atoms with E-state index in [1.807, 2.05) is 18.0 Å². The molecule has 0 radical (unpaired) electrons. The normalized spacial score (nSPS) is 26.5. The summed E-state index contributed by atoms with van der Waals surface area (Å²) < 4.78 is 2.09. The highest BCUT2D eigenvalue weighted by Crippen LogP contribution is 2.42. The fraction of sp³-hybridized carbons (Fsp3) is 0.762. The van der Waals surface area contributed by atoms with Crippen molar-refractivity contribution in [1.82, 2.24) is 19.4 Å². The van der Waals surface area contributed by atoms with Gasteiger partial charge in [-0.2, -0.15) is 0 Å². The maximum Gasteiger partial charge on any atom is 0.230 e. The number of piperidine rings is 1. The number of likely N-dealkylation sites (tertiary alicyclic amines) is 2. The van der Waals surface area contributed by atoms with E-state index in [9.17, 15) is 9.59 Å². The Balaban J connectivity index is 1.32. The maximum atomic E-state index is 13.3. The van der Waals surface area contributed by atoms with Crippen LogP contribution in [0.15, 0.2) is 12.4 Å². The van der Waals surface area contributed by atoms with Crippen molar-refractivity contribution in [3.63, 3.8) is 0 Å². The number of carbonyl (C=O) groups excluding carboxylic acids is 2. The van der Waals surface area contributed by atoms with Crippen molar-refractivity contribution in [1.29, 1.82) is 0 Å². The van der Waals surface area contributed by atoms with Crippen LogP contribution in [0, 0.1) is 12.3 Å². The van der Waals surface area contributed by atoms with Crippen LogP contribution in [0.5, 0.6) is 0 Å². The predicted octanol–water partition coefficient (Wildman–Crippen LogP) is 2.76. The van der Waals surface area contributed by atoms with Crippen molar-refractivity contribution in [3.05, 3.63) is 18.2 Å². The number of amides is 2. The molecular formula is C21H32N4O2. The third-order valence-electron chi connectivity index (χ3n) is 6.95. The first-order valence-corrected chi connectivity index (χ1v) is 10.7. The zero-order chi connectivity index (χ0) is 18.9. The monoisotopic (exact) mass is 372 g/mol. The molecule has 6 heteroatoms. The largest absolute Gasteiger partial charge is 0.342 e. The topological polar surface area (TPSA) is 58.4 Å². The molecule has 4 rings (SSSR count). The van der Waals surface area contributed by atoms with E-state index in [2.05, 4.69) is 14.5 Å². The van der Waals surface area contributed by atoms with Gasteiger partial charge in [-0.05, 0) is 45.4 Å². The Morgan fingerprint density at radius 1 is 1.22 bits per heavy atom. The van der Waals surface area contributed by atoms with Crippen LogP contribution < -0.4 is 0 Å². The van der Waals surface area contributed by atoms with Crippen LogP contribution in [0.4, 0.5) is 0 Å². The summed E-state index contributed by atoms with van der Waals surface area (Å²) in [6.45, 7) is 5.11. The molecule has 1 spiro atoms. The van der Waals surface area contributed by atoms with Gasteiger partial charge < -0.3 is 14.4 Å². The molecule has 2 aliphatic heterocycles. The van der Waals surface area contributed by atoms with Crippen LogP contribution in [0.2, 0.25) is 0 Å². The molecule has 3 heterocycles. The second-order valence-corrected chi connectivity index (χ2v) is 8.66. The molecule has 2 amide bonds. The van der Waals surface area contributed by atoms with Gasteiger partial charge in [-0.15, -0.1) is 0 Å². The highest BCUT2D eigenvalue weighted by molar-refractivity contribution is 5.86. The molecule has 1 atom stereocenters. The van der Waals surface area contributed by atoms with E-state index in [1.54, 1.807) is 6.20 Å². The molecule has 1 aliphatic carbocycles. The molecule has 1 saturated carbocycles. The maximum absolute atomic E-state index is 13.3. The molecule has 0 aromatic carbocycles.